The number of furan rings is 1. The fourth-order valence-corrected chi connectivity index (χ4v) is 2.34. The number of alkyl halides is 3. The van der Waals surface area contributed by atoms with Gasteiger partial charge in [-0.15, -0.1) is 24.0 Å². The number of nitrogens with one attached hydrogen (secondary N) is 2. The van der Waals surface area contributed by atoms with E-state index in [2.05, 4.69) is 15.6 Å². The van der Waals surface area contributed by atoms with Gasteiger partial charge in [-0.05, 0) is 43.7 Å². The summed E-state index contributed by atoms with van der Waals surface area (Å²) in [4.78, 5) is 4.27. The van der Waals surface area contributed by atoms with Crippen molar-refractivity contribution in [2.24, 2.45) is 4.99 Å². The molecule has 1 aromatic carbocycles. The highest BCUT2D eigenvalue weighted by atomic mass is 127. The van der Waals surface area contributed by atoms with Crippen LogP contribution in [0.5, 0.6) is 0 Å². The molecule has 0 amide bonds. The van der Waals surface area contributed by atoms with Crippen molar-refractivity contribution in [1.29, 1.82) is 0 Å². The van der Waals surface area contributed by atoms with Crippen molar-refractivity contribution in [3.8, 4) is 0 Å². The van der Waals surface area contributed by atoms with E-state index in [0.717, 1.165) is 12.1 Å². The maximum atomic E-state index is 12.9. The van der Waals surface area contributed by atoms with Crippen LogP contribution in [0.4, 0.5) is 13.2 Å². The third-order valence-corrected chi connectivity index (χ3v) is 3.71. The SMILES string of the molecule is CCNC(=NCC(O)c1ccco1)NC(C)c1cccc(C(F)(F)F)c1.I. The van der Waals surface area contributed by atoms with E-state index in [1.54, 1.807) is 25.1 Å². The van der Waals surface area contributed by atoms with Gasteiger partial charge in [0.15, 0.2) is 5.96 Å². The van der Waals surface area contributed by atoms with Crippen molar-refractivity contribution in [3.63, 3.8) is 0 Å². The van der Waals surface area contributed by atoms with E-state index in [4.69, 9.17) is 4.42 Å². The molecule has 150 valence electrons. The number of hydrogen-bond acceptors (Lipinski definition) is 3. The number of aliphatic hydroxyl groups excluding tert-OH is 1. The molecule has 0 bridgehead atoms. The third-order valence-electron chi connectivity index (χ3n) is 3.71. The van der Waals surface area contributed by atoms with E-state index < -0.39 is 23.9 Å². The smallest absolute Gasteiger partial charge is 0.416 e. The predicted molar refractivity (Wildman–Crippen MR) is 108 cm³/mol. The first-order valence-electron chi connectivity index (χ1n) is 8.24. The van der Waals surface area contributed by atoms with E-state index >= 15 is 0 Å². The second kappa shape index (κ2) is 10.5. The minimum Gasteiger partial charge on any atom is -0.467 e. The average molecular weight is 497 g/mol. The molecule has 1 aromatic heterocycles. The van der Waals surface area contributed by atoms with Crippen LogP contribution in [0.15, 0.2) is 52.1 Å². The van der Waals surface area contributed by atoms with E-state index in [1.165, 1.54) is 12.3 Å². The molecular formula is C18H23F3IN3O2. The van der Waals surface area contributed by atoms with Crippen molar-refractivity contribution in [1.82, 2.24) is 10.6 Å². The molecule has 0 aliphatic rings. The lowest BCUT2D eigenvalue weighted by Crippen LogP contribution is -2.39. The van der Waals surface area contributed by atoms with Gasteiger partial charge in [0.2, 0.25) is 0 Å². The molecule has 0 aliphatic heterocycles. The highest BCUT2D eigenvalue weighted by molar-refractivity contribution is 14.0. The largest absolute Gasteiger partial charge is 0.467 e. The molecule has 0 fully saturated rings. The zero-order chi connectivity index (χ0) is 19.2. The lowest BCUT2D eigenvalue weighted by atomic mass is 10.1. The van der Waals surface area contributed by atoms with E-state index in [0.29, 0.717) is 23.8 Å². The number of nitrogens with zero attached hydrogens (tertiary/aromatic N) is 1. The first-order chi connectivity index (χ1) is 12.3. The number of aliphatic hydroxyl groups is 1. The van der Waals surface area contributed by atoms with Crippen LogP contribution in [0.25, 0.3) is 0 Å². The monoisotopic (exact) mass is 497 g/mol. The molecule has 2 unspecified atom stereocenters. The summed E-state index contributed by atoms with van der Waals surface area (Å²) in [5, 5.41) is 16.1. The molecule has 0 saturated carbocycles. The Morgan fingerprint density at radius 3 is 2.59 bits per heavy atom. The fourth-order valence-electron chi connectivity index (χ4n) is 2.34. The van der Waals surface area contributed by atoms with Crippen LogP contribution >= 0.6 is 24.0 Å². The Kier molecular flexibility index (Phi) is 9.10. The quantitative estimate of drug-likeness (QED) is 0.317. The van der Waals surface area contributed by atoms with Crippen LogP contribution in [0.2, 0.25) is 0 Å². The standard InChI is InChI=1S/C18H22F3N3O2.HI/c1-3-22-17(23-11-15(25)16-8-5-9-26-16)24-12(2)13-6-4-7-14(10-13)18(19,20)21;/h4-10,12,15,25H,3,11H2,1-2H3,(H2,22,23,24);1H. The van der Waals surface area contributed by atoms with Crippen LogP contribution in [0.3, 0.4) is 0 Å². The van der Waals surface area contributed by atoms with Crippen molar-refractivity contribution in [2.75, 3.05) is 13.1 Å². The molecule has 1 heterocycles. The first-order valence-corrected chi connectivity index (χ1v) is 8.24. The van der Waals surface area contributed by atoms with Crippen LogP contribution in [0.1, 0.15) is 42.9 Å². The van der Waals surface area contributed by atoms with Crippen LogP contribution in [0, 0.1) is 0 Å². The molecule has 2 atom stereocenters. The van der Waals surface area contributed by atoms with Crippen LogP contribution < -0.4 is 10.6 Å². The van der Waals surface area contributed by atoms with Gasteiger partial charge in [0.1, 0.15) is 11.9 Å². The normalized spacial score (nSPS) is 14.2. The van der Waals surface area contributed by atoms with Gasteiger partial charge in [0, 0.05) is 6.54 Å². The zero-order valence-electron chi connectivity index (χ0n) is 15.0. The van der Waals surface area contributed by atoms with Gasteiger partial charge in [0.05, 0.1) is 24.4 Å². The number of hydrogen-bond donors (Lipinski definition) is 3. The summed E-state index contributed by atoms with van der Waals surface area (Å²) < 4.78 is 43.7. The van der Waals surface area contributed by atoms with Crippen LogP contribution in [-0.4, -0.2) is 24.2 Å². The number of benzene rings is 1. The topological polar surface area (TPSA) is 69.8 Å². The Bertz CT molecular complexity index is 721. The molecule has 3 N–H and O–H groups in total. The highest BCUT2D eigenvalue weighted by Crippen LogP contribution is 2.30. The van der Waals surface area contributed by atoms with E-state index in [-0.39, 0.29) is 30.5 Å². The van der Waals surface area contributed by atoms with Gasteiger partial charge >= 0.3 is 6.18 Å². The Balaban J connectivity index is 0.00000364. The number of rotatable bonds is 6. The number of aliphatic imine (C=N–C) groups is 1. The summed E-state index contributed by atoms with van der Waals surface area (Å²) in [6.07, 6.45) is -3.83. The molecule has 0 aliphatic carbocycles. The predicted octanol–water partition coefficient (Wildman–Crippen LogP) is 4.27. The van der Waals surface area contributed by atoms with Gasteiger partial charge in [-0.2, -0.15) is 13.2 Å². The van der Waals surface area contributed by atoms with Gasteiger partial charge in [-0.25, -0.2) is 0 Å². The molecule has 9 heteroatoms. The average Bonchev–Trinajstić information content (AvgIpc) is 3.13. The lowest BCUT2D eigenvalue weighted by Gasteiger charge is -2.19. The molecule has 5 nitrogen and oxygen atoms in total. The van der Waals surface area contributed by atoms with Crippen molar-refractivity contribution >= 4 is 29.9 Å². The minimum atomic E-state index is -4.39. The zero-order valence-corrected chi connectivity index (χ0v) is 17.3. The molecule has 0 spiro atoms. The van der Waals surface area contributed by atoms with E-state index in [9.17, 15) is 18.3 Å². The van der Waals surface area contributed by atoms with Gasteiger partial charge in [-0.1, -0.05) is 12.1 Å². The molecule has 0 radical (unpaired) electrons. The van der Waals surface area contributed by atoms with E-state index in [1.807, 2.05) is 6.92 Å². The maximum Gasteiger partial charge on any atom is 0.416 e. The summed E-state index contributed by atoms with van der Waals surface area (Å²) in [7, 11) is 0. The van der Waals surface area contributed by atoms with Crippen LogP contribution in [-0.2, 0) is 6.18 Å². The maximum absolute atomic E-state index is 12.9. The molecule has 2 aromatic rings. The molecule has 0 saturated heterocycles. The second-order valence-electron chi connectivity index (χ2n) is 5.74. The number of halogens is 4. The summed E-state index contributed by atoms with van der Waals surface area (Å²) in [5.74, 6) is 0.790. The van der Waals surface area contributed by atoms with Crippen molar-refractivity contribution < 1.29 is 22.7 Å². The Morgan fingerprint density at radius 2 is 2.00 bits per heavy atom. The minimum absolute atomic E-state index is 0. The lowest BCUT2D eigenvalue weighted by molar-refractivity contribution is -0.137. The molecule has 2 rings (SSSR count). The van der Waals surface area contributed by atoms with Gasteiger partial charge < -0.3 is 20.2 Å². The van der Waals surface area contributed by atoms with Crippen molar-refractivity contribution in [3.05, 3.63) is 59.5 Å². The Labute approximate surface area is 173 Å². The Morgan fingerprint density at radius 1 is 1.26 bits per heavy atom. The second-order valence-corrected chi connectivity index (χ2v) is 5.74. The Hall–Kier alpha value is -1.75. The molecule has 27 heavy (non-hydrogen) atoms. The molecular weight excluding hydrogens is 474 g/mol. The summed E-state index contributed by atoms with van der Waals surface area (Å²) in [5.41, 5.74) is -0.212. The fraction of sp³-hybridized carbons (Fsp3) is 0.389. The number of guanidine groups is 1. The van der Waals surface area contributed by atoms with Gasteiger partial charge in [-0.3, -0.25) is 4.99 Å². The summed E-state index contributed by atoms with van der Waals surface area (Å²) in [6, 6.07) is 8.05. The summed E-state index contributed by atoms with van der Waals surface area (Å²) >= 11 is 0. The van der Waals surface area contributed by atoms with Gasteiger partial charge in [0.25, 0.3) is 0 Å². The summed E-state index contributed by atoms with van der Waals surface area (Å²) in [6.45, 7) is 4.23. The third kappa shape index (κ3) is 7.06. The highest BCUT2D eigenvalue weighted by Gasteiger charge is 2.30. The first kappa shape index (κ1) is 23.3. The van der Waals surface area contributed by atoms with Crippen molar-refractivity contribution in [2.45, 2.75) is 32.2 Å².